The minimum atomic E-state index is -2.94. The van der Waals surface area contributed by atoms with Crippen LogP contribution in [0.4, 0.5) is 5.69 Å². The van der Waals surface area contributed by atoms with Crippen LogP contribution in [0.25, 0.3) is 0 Å². The second-order valence-electron chi connectivity index (χ2n) is 17.6. The maximum atomic E-state index is 14.0. The van der Waals surface area contributed by atoms with E-state index in [0.29, 0.717) is 37.1 Å². The van der Waals surface area contributed by atoms with Crippen LogP contribution in [-0.4, -0.2) is 101 Å². The minimum Gasteiger partial charge on any atom is -0.490 e. The fraction of sp³-hybridized carbons (Fsp3) is 0.674. The van der Waals surface area contributed by atoms with Crippen molar-refractivity contribution in [2.24, 2.45) is 17.8 Å². The van der Waals surface area contributed by atoms with Gasteiger partial charge in [0.05, 0.1) is 27.6 Å². The molecule has 1 amide bonds. The van der Waals surface area contributed by atoms with Crippen molar-refractivity contribution in [3.05, 3.63) is 58.1 Å². The van der Waals surface area contributed by atoms with E-state index >= 15 is 0 Å². The van der Waals surface area contributed by atoms with Crippen LogP contribution < -0.4 is 14.4 Å². The lowest BCUT2D eigenvalue weighted by atomic mass is 9.62. The number of aliphatic hydroxyl groups is 1. The lowest BCUT2D eigenvalue weighted by molar-refractivity contribution is -0.109. The van der Waals surface area contributed by atoms with E-state index in [1.54, 1.807) is 6.07 Å². The second kappa shape index (κ2) is 15.7. The Kier molecular flexibility index (Phi) is 11.5. The van der Waals surface area contributed by atoms with Crippen molar-refractivity contribution in [2.75, 3.05) is 57.8 Å². The zero-order valence-corrected chi connectivity index (χ0v) is 34.2. The van der Waals surface area contributed by atoms with Crippen molar-refractivity contribution in [3.63, 3.8) is 0 Å². The zero-order chi connectivity index (χ0) is 37.5. The van der Waals surface area contributed by atoms with Crippen molar-refractivity contribution >= 4 is 38.8 Å². The molecule has 2 bridgehead atoms. The molecular formula is C43H63ClN4O4S. The van der Waals surface area contributed by atoms with E-state index in [2.05, 4.69) is 58.3 Å². The molecule has 53 heavy (non-hydrogen) atoms. The van der Waals surface area contributed by atoms with E-state index in [0.717, 1.165) is 107 Å². The van der Waals surface area contributed by atoms with E-state index in [9.17, 15) is 14.1 Å². The topological polar surface area (TPSA) is 85.3 Å². The normalized spacial score (nSPS) is 34.4. The SMILES string of the molecule is C=S1(=O)NC(=O)c2ccc3c(c2)N(C[C@@H]2CC[C@H]2[C@](O)(CN2CCC(N(C)CCC)CC2)CCC[C@H](C)[C@H]1C)C[C@@]1(CCCc2cc(Cl)ccc21)CO3. The van der Waals surface area contributed by atoms with E-state index in [-0.39, 0.29) is 28.4 Å². The quantitative estimate of drug-likeness (QED) is 0.319. The number of halogens is 1. The Morgan fingerprint density at radius 1 is 1.08 bits per heavy atom. The molecule has 3 heterocycles. The van der Waals surface area contributed by atoms with Crippen molar-refractivity contribution in [1.82, 2.24) is 14.5 Å². The summed E-state index contributed by atoms with van der Waals surface area (Å²) < 4.78 is 23.6. The lowest BCUT2D eigenvalue weighted by Gasteiger charge is -2.52. The molecule has 2 aromatic rings. The van der Waals surface area contributed by atoms with Crippen LogP contribution in [-0.2, 0) is 21.5 Å². The summed E-state index contributed by atoms with van der Waals surface area (Å²) in [4.78, 5) is 21.3. The molecule has 2 aliphatic carbocycles. The van der Waals surface area contributed by atoms with Crippen LogP contribution in [0.15, 0.2) is 36.4 Å². The van der Waals surface area contributed by atoms with Gasteiger partial charge in [-0.25, -0.2) is 4.21 Å². The number of likely N-dealkylation sites (tertiary alicyclic amines) is 1. The number of nitrogens with zero attached hydrogens (tertiary/aromatic N) is 3. The van der Waals surface area contributed by atoms with Gasteiger partial charge in [0, 0.05) is 46.9 Å². The molecule has 7 atom stereocenters. The maximum absolute atomic E-state index is 14.0. The number of β-amino-alcohol motifs (C(OH)–C–C–N with tert-alkyl or cyclic N) is 1. The molecular weight excluding hydrogens is 704 g/mol. The minimum absolute atomic E-state index is 0.0693. The molecule has 2 aromatic carbocycles. The Bertz CT molecular complexity index is 1750. The summed E-state index contributed by atoms with van der Waals surface area (Å²) in [6.07, 6.45) is 11.0. The fourth-order valence-electron chi connectivity index (χ4n) is 10.5. The van der Waals surface area contributed by atoms with Crippen LogP contribution in [0.3, 0.4) is 0 Å². The van der Waals surface area contributed by atoms with Gasteiger partial charge in [0.15, 0.2) is 0 Å². The molecule has 3 aliphatic heterocycles. The number of piperidine rings is 1. The first-order valence-electron chi connectivity index (χ1n) is 20.4. The number of nitrogens with one attached hydrogen (secondary N) is 1. The summed E-state index contributed by atoms with van der Waals surface area (Å²) in [5.74, 6) is 5.03. The highest BCUT2D eigenvalue weighted by Gasteiger charge is 2.49. The molecule has 1 saturated heterocycles. The van der Waals surface area contributed by atoms with E-state index in [4.69, 9.17) is 16.3 Å². The van der Waals surface area contributed by atoms with Crippen LogP contribution >= 0.6 is 11.6 Å². The predicted molar refractivity (Wildman–Crippen MR) is 219 cm³/mol. The molecule has 1 spiro atoms. The van der Waals surface area contributed by atoms with Gasteiger partial charge >= 0.3 is 0 Å². The zero-order valence-electron chi connectivity index (χ0n) is 32.6. The monoisotopic (exact) mass is 766 g/mol. The Morgan fingerprint density at radius 3 is 2.60 bits per heavy atom. The van der Waals surface area contributed by atoms with Crippen molar-refractivity contribution in [2.45, 2.75) is 114 Å². The second-order valence-corrected chi connectivity index (χ2v) is 20.4. The number of hydrogen-bond acceptors (Lipinski definition) is 7. The molecule has 2 N–H and O–H groups in total. The van der Waals surface area contributed by atoms with E-state index in [1.807, 2.05) is 25.1 Å². The molecule has 1 saturated carbocycles. The van der Waals surface area contributed by atoms with Gasteiger partial charge in [-0.2, -0.15) is 0 Å². The number of hydrogen-bond donors (Lipinski definition) is 2. The summed E-state index contributed by atoms with van der Waals surface area (Å²) in [6.45, 7) is 12.2. The van der Waals surface area contributed by atoms with Gasteiger partial charge in [-0.1, -0.05) is 37.9 Å². The number of ether oxygens (including phenoxy) is 1. The van der Waals surface area contributed by atoms with Crippen LogP contribution in [0, 0.1) is 17.8 Å². The van der Waals surface area contributed by atoms with Gasteiger partial charge in [-0.3, -0.25) is 9.52 Å². The van der Waals surface area contributed by atoms with E-state index < -0.39 is 15.3 Å². The molecule has 1 unspecified atom stereocenters. The summed E-state index contributed by atoms with van der Waals surface area (Å²) in [5.41, 5.74) is 2.90. The highest BCUT2D eigenvalue weighted by atomic mass is 35.5. The average molecular weight is 768 g/mol. The molecule has 292 valence electrons. The first-order valence-corrected chi connectivity index (χ1v) is 22.6. The number of rotatable bonds is 5. The molecule has 2 fully saturated rings. The summed E-state index contributed by atoms with van der Waals surface area (Å²) in [5, 5.41) is 13.4. The van der Waals surface area contributed by atoms with Crippen LogP contribution in [0.1, 0.15) is 106 Å². The summed E-state index contributed by atoms with van der Waals surface area (Å²) in [7, 11) is -0.683. The molecule has 0 aromatic heterocycles. The standard InChI is InChI=1S/C43H63ClN4O4S/c1-6-21-46(4)36-17-22-47(23-18-36)28-43(50)20-7-9-30(2)31(3)53(5,51)45-41(49)33-12-16-40-39(25-33)48(26-34-11-14-38(34)43)27-42(29-52-40)19-8-10-32-24-35(44)13-15-37(32)42/h12-13,15-16,24-25,30-31,34,36,38,50H,5-11,14,17-23,26-29H2,1-4H3,(H,45,49,51)/t30-,31+,34-,38+,42-,43+,53?/m0/s1. The third kappa shape index (κ3) is 8.03. The number of benzene rings is 2. The first-order chi connectivity index (χ1) is 25.3. The molecule has 7 rings (SSSR count). The number of anilines is 1. The van der Waals surface area contributed by atoms with Crippen molar-refractivity contribution in [3.8, 4) is 5.75 Å². The van der Waals surface area contributed by atoms with Crippen LogP contribution in [0.5, 0.6) is 5.75 Å². The van der Waals surface area contributed by atoms with Gasteiger partial charge in [0.25, 0.3) is 5.91 Å². The molecule has 10 heteroatoms. The van der Waals surface area contributed by atoms with Gasteiger partial charge < -0.3 is 24.5 Å². The third-order valence-electron chi connectivity index (χ3n) is 14.1. The Hall–Kier alpha value is -2.30. The highest BCUT2D eigenvalue weighted by molar-refractivity contribution is 7.99. The molecule has 5 aliphatic rings. The van der Waals surface area contributed by atoms with Gasteiger partial charge in [0.1, 0.15) is 5.75 Å². The van der Waals surface area contributed by atoms with E-state index in [1.165, 1.54) is 17.5 Å². The Balaban J connectivity index is 1.23. The van der Waals surface area contributed by atoms with Gasteiger partial charge in [-0.15, -0.1) is 0 Å². The first kappa shape index (κ1) is 39.0. The third-order valence-corrected chi connectivity index (χ3v) is 16.5. The Labute approximate surface area is 324 Å². The smallest absolute Gasteiger partial charge is 0.262 e. The number of amides is 1. The summed E-state index contributed by atoms with van der Waals surface area (Å²) in [6, 6.07) is 12.6. The average Bonchev–Trinajstić information content (AvgIpc) is 3.26. The highest BCUT2D eigenvalue weighted by Crippen LogP contribution is 2.49. The fourth-order valence-corrected chi connectivity index (χ4v) is 12.2. The number of carbonyl (C=O) groups is 1. The van der Waals surface area contributed by atoms with Crippen molar-refractivity contribution < 1.29 is 18.8 Å². The predicted octanol–water partition coefficient (Wildman–Crippen LogP) is 6.95. The van der Waals surface area contributed by atoms with Crippen LogP contribution in [0.2, 0.25) is 5.02 Å². The number of fused-ring (bicyclic) bond motifs is 4. The Morgan fingerprint density at radius 2 is 1.87 bits per heavy atom. The number of carbonyl (C=O) groups excluding carboxylic acids is 1. The van der Waals surface area contributed by atoms with Gasteiger partial charge in [-0.05, 0) is 163 Å². The largest absolute Gasteiger partial charge is 0.490 e. The maximum Gasteiger partial charge on any atom is 0.262 e. The molecule has 8 nitrogen and oxygen atoms in total. The van der Waals surface area contributed by atoms with Crippen molar-refractivity contribution in [1.29, 1.82) is 0 Å². The van der Waals surface area contributed by atoms with Gasteiger partial charge in [0.2, 0.25) is 0 Å². The lowest BCUT2D eigenvalue weighted by Crippen LogP contribution is -2.58. The molecule has 0 radical (unpaired) electrons. The summed E-state index contributed by atoms with van der Waals surface area (Å²) >= 11 is 6.51. The number of aryl methyl sites for hydroxylation is 1.